The third kappa shape index (κ3) is 2.44. The summed E-state index contributed by atoms with van der Waals surface area (Å²) < 4.78 is 0.945. The molecule has 0 unspecified atom stereocenters. The van der Waals surface area contributed by atoms with Crippen molar-refractivity contribution in [3.8, 4) is 0 Å². The highest BCUT2D eigenvalue weighted by atomic mass is 79.9. The Balaban J connectivity index is 2.11. The highest BCUT2D eigenvalue weighted by Gasteiger charge is 2.05. The van der Waals surface area contributed by atoms with Gasteiger partial charge in [0.1, 0.15) is 5.82 Å². The predicted molar refractivity (Wildman–Crippen MR) is 60.7 cm³/mol. The third-order valence-electron chi connectivity index (χ3n) is 1.86. The Hall–Kier alpha value is -1.62. The fourth-order valence-corrected chi connectivity index (χ4v) is 1.39. The molecule has 0 aliphatic carbocycles. The second kappa shape index (κ2) is 4.27. The second-order valence-corrected chi connectivity index (χ2v) is 3.85. The van der Waals surface area contributed by atoms with Crippen LogP contribution >= 0.6 is 15.9 Å². The quantitative estimate of drug-likeness (QED) is 0.877. The van der Waals surface area contributed by atoms with Crippen LogP contribution in [0.4, 0.5) is 5.82 Å². The van der Waals surface area contributed by atoms with Crippen molar-refractivity contribution in [2.45, 2.75) is 0 Å². The van der Waals surface area contributed by atoms with Crippen molar-refractivity contribution < 1.29 is 4.79 Å². The van der Waals surface area contributed by atoms with Crippen LogP contribution in [0.25, 0.3) is 0 Å². The predicted octanol–water partition coefficient (Wildman–Crippen LogP) is 2.42. The molecule has 0 saturated carbocycles. The van der Waals surface area contributed by atoms with Crippen LogP contribution < -0.4 is 5.32 Å². The lowest BCUT2D eigenvalue weighted by Gasteiger charge is -2.01. The number of hydrogen-bond acceptors (Lipinski definition) is 2. The van der Waals surface area contributed by atoms with Gasteiger partial charge in [0.25, 0.3) is 5.91 Å². The summed E-state index contributed by atoms with van der Waals surface area (Å²) in [6.07, 6.45) is 1.58. The Kier molecular flexibility index (Phi) is 2.82. The summed E-state index contributed by atoms with van der Waals surface area (Å²) in [5.41, 5.74) is 0.604. The van der Waals surface area contributed by atoms with Crippen molar-refractivity contribution in [1.82, 2.24) is 10.2 Å². The van der Waals surface area contributed by atoms with Crippen molar-refractivity contribution in [1.29, 1.82) is 0 Å². The minimum Gasteiger partial charge on any atom is -0.307 e. The summed E-state index contributed by atoms with van der Waals surface area (Å²) in [5, 5.41) is 9.08. The molecule has 1 aromatic carbocycles. The zero-order valence-corrected chi connectivity index (χ0v) is 9.28. The maximum Gasteiger partial charge on any atom is 0.256 e. The van der Waals surface area contributed by atoms with E-state index in [1.807, 2.05) is 12.1 Å². The van der Waals surface area contributed by atoms with E-state index < -0.39 is 0 Å². The van der Waals surface area contributed by atoms with Gasteiger partial charge >= 0.3 is 0 Å². The van der Waals surface area contributed by atoms with Crippen molar-refractivity contribution in [2.24, 2.45) is 0 Å². The first kappa shape index (κ1) is 9.92. The average Bonchev–Trinajstić information content (AvgIpc) is 2.71. The van der Waals surface area contributed by atoms with E-state index in [1.54, 1.807) is 24.4 Å². The molecule has 15 heavy (non-hydrogen) atoms. The first-order valence-corrected chi connectivity index (χ1v) is 5.11. The number of aromatic nitrogens is 2. The van der Waals surface area contributed by atoms with Gasteiger partial charge in [-0.25, -0.2) is 0 Å². The molecule has 5 heteroatoms. The van der Waals surface area contributed by atoms with Crippen LogP contribution in [0, 0.1) is 0 Å². The highest BCUT2D eigenvalue weighted by molar-refractivity contribution is 9.10. The van der Waals surface area contributed by atoms with Gasteiger partial charge in [0.05, 0.1) is 6.20 Å². The van der Waals surface area contributed by atoms with Crippen LogP contribution in [-0.4, -0.2) is 16.1 Å². The zero-order valence-electron chi connectivity index (χ0n) is 7.70. The fourth-order valence-electron chi connectivity index (χ4n) is 1.12. The molecule has 0 atom stereocenters. The molecule has 2 N–H and O–H groups in total. The number of aromatic amines is 1. The Labute approximate surface area is 94.8 Å². The van der Waals surface area contributed by atoms with Gasteiger partial charge in [-0.3, -0.25) is 9.89 Å². The normalized spacial score (nSPS) is 9.93. The smallest absolute Gasteiger partial charge is 0.256 e. The minimum atomic E-state index is -0.160. The number of carbonyl (C=O) groups excluding carboxylic acids is 1. The number of nitrogens with zero attached hydrogens (tertiary/aromatic N) is 1. The Morgan fingerprint density at radius 3 is 2.60 bits per heavy atom. The van der Waals surface area contributed by atoms with E-state index in [2.05, 4.69) is 31.4 Å². The number of anilines is 1. The minimum absolute atomic E-state index is 0.160. The molecule has 0 bridgehead atoms. The van der Waals surface area contributed by atoms with Gasteiger partial charge in [0, 0.05) is 16.1 Å². The van der Waals surface area contributed by atoms with E-state index in [9.17, 15) is 4.79 Å². The summed E-state index contributed by atoms with van der Waals surface area (Å²) in [6.45, 7) is 0. The van der Waals surface area contributed by atoms with E-state index in [1.165, 1.54) is 0 Å². The van der Waals surface area contributed by atoms with Crippen LogP contribution in [0.3, 0.4) is 0 Å². The van der Waals surface area contributed by atoms with Crippen LogP contribution in [0.15, 0.2) is 41.0 Å². The summed E-state index contributed by atoms with van der Waals surface area (Å²) in [4.78, 5) is 11.6. The summed E-state index contributed by atoms with van der Waals surface area (Å²) >= 11 is 3.31. The van der Waals surface area contributed by atoms with Crippen LogP contribution in [0.2, 0.25) is 0 Å². The number of carbonyl (C=O) groups is 1. The lowest BCUT2D eigenvalue weighted by atomic mass is 10.2. The van der Waals surface area contributed by atoms with E-state index in [0.717, 1.165) is 4.47 Å². The molecule has 0 fully saturated rings. The molecule has 0 spiro atoms. The molecule has 1 heterocycles. The van der Waals surface area contributed by atoms with Crippen LogP contribution in [0.1, 0.15) is 10.4 Å². The lowest BCUT2D eigenvalue weighted by molar-refractivity contribution is 0.102. The van der Waals surface area contributed by atoms with Gasteiger partial charge in [-0.2, -0.15) is 5.10 Å². The highest BCUT2D eigenvalue weighted by Crippen LogP contribution is 2.11. The monoisotopic (exact) mass is 265 g/mol. The molecule has 1 aromatic heterocycles. The number of H-pyrrole nitrogens is 1. The maximum atomic E-state index is 11.6. The van der Waals surface area contributed by atoms with Gasteiger partial charge in [-0.1, -0.05) is 15.9 Å². The number of rotatable bonds is 2. The molecule has 0 saturated heterocycles. The van der Waals surface area contributed by atoms with Crippen molar-refractivity contribution in [2.75, 3.05) is 5.32 Å². The molecular weight excluding hydrogens is 258 g/mol. The van der Waals surface area contributed by atoms with E-state index in [-0.39, 0.29) is 5.91 Å². The lowest BCUT2D eigenvalue weighted by Crippen LogP contribution is -2.11. The molecule has 0 aliphatic heterocycles. The average molecular weight is 266 g/mol. The summed E-state index contributed by atoms with van der Waals surface area (Å²) in [7, 11) is 0. The van der Waals surface area contributed by atoms with Crippen molar-refractivity contribution in [3.63, 3.8) is 0 Å². The summed E-state index contributed by atoms with van der Waals surface area (Å²) in [6, 6.07) is 8.83. The Morgan fingerprint density at radius 1 is 1.27 bits per heavy atom. The molecular formula is C10H8BrN3O. The van der Waals surface area contributed by atoms with Crippen molar-refractivity contribution >= 4 is 27.7 Å². The number of nitrogens with one attached hydrogen (secondary N) is 2. The topological polar surface area (TPSA) is 57.8 Å². The van der Waals surface area contributed by atoms with Crippen molar-refractivity contribution in [3.05, 3.63) is 46.6 Å². The van der Waals surface area contributed by atoms with E-state index in [0.29, 0.717) is 11.4 Å². The third-order valence-corrected chi connectivity index (χ3v) is 2.38. The molecule has 4 nitrogen and oxygen atoms in total. The largest absolute Gasteiger partial charge is 0.307 e. The number of hydrogen-bond donors (Lipinski definition) is 2. The second-order valence-electron chi connectivity index (χ2n) is 2.93. The number of amides is 1. The van der Waals surface area contributed by atoms with Gasteiger partial charge in [-0.05, 0) is 24.3 Å². The molecule has 2 aromatic rings. The van der Waals surface area contributed by atoms with Crippen LogP contribution in [-0.2, 0) is 0 Å². The fraction of sp³-hybridized carbons (Fsp3) is 0. The van der Waals surface area contributed by atoms with Gasteiger partial charge in [0.2, 0.25) is 0 Å². The molecule has 1 amide bonds. The molecule has 2 rings (SSSR count). The van der Waals surface area contributed by atoms with Gasteiger partial charge in [0.15, 0.2) is 0 Å². The molecule has 0 radical (unpaired) electrons. The zero-order chi connectivity index (χ0) is 10.7. The first-order valence-electron chi connectivity index (χ1n) is 4.32. The number of halogens is 1. The SMILES string of the molecule is O=C(Nc1ccn[nH]1)c1ccc(Br)cc1. The Bertz CT molecular complexity index is 450. The molecule has 76 valence electrons. The molecule has 0 aliphatic rings. The van der Waals surface area contributed by atoms with Crippen LogP contribution in [0.5, 0.6) is 0 Å². The first-order chi connectivity index (χ1) is 7.25. The van der Waals surface area contributed by atoms with Gasteiger partial charge in [-0.15, -0.1) is 0 Å². The Morgan fingerprint density at radius 2 is 2.00 bits per heavy atom. The van der Waals surface area contributed by atoms with Gasteiger partial charge < -0.3 is 5.32 Å². The summed E-state index contributed by atoms with van der Waals surface area (Å²) in [5.74, 6) is 0.426. The number of benzene rings is 1. The van der Waals surface area contributed by atoms with E-state index in [4.69, 9.17) is 0 Å². The van der Waals surface area contributed by atoms with E-state index >= 15 is 0 Å². The standard InChI is InChI=1S/C10H8BrN3O/c11-8-3-1-7(2-4-8)10(15)13-9-5-6-12-14-9/h1-6H,(H2,12,13,14,15). The maximum absolute atomic E-state index is 11.6.